The van der Waals surface area contributed by atoms with Crippen LogP contribution >= 0.6 is 11.6 Å². The Hall–Kier alpha value is -2.30. The smallest absolute Gasteiger partial charge is 0.255 e. The fourth-order valence-corrected chi connectivity index (χ4v) is 5.86. The van der Waals surface area contributed by atoms with Crippen LogP contribution < -0.4 is 15.6 Å². The third-order valence-corrected chi connectivity index (χ3v) is 8.01. The van der Waals surface area contributed by atoms with Crippen LogP contribution in [0.3, 0.4) is 0 Å². The second-order valence-electron chi connectivity index (χ2n) is 9.83. The number of nitrogens with one attached hydrogen (secondary N) is 2. The molecule has 1 unspecified atom stereocenters. The van der Waals surface area contributed by atoms with Crippen LogP contribution in [0.25, 0.3) is 10.8 Å². The van der Waals surface area contributed by atoms with Crippen molar-refractivity contribution in [1.82, 2.24) is 10.3 Å². The molecule has 4 nitrogen and oxygen atoms in total. The van der Waals surface area contributed by atoms with Gasteiger partial charge in [-0.1, -0.05) is 48.9 Å². The number of ether oxygens (including phenoxy) is 1. The van der Waals surface area contributed by atoms with E-state index in [1.807, 2.05) is 12.1 Å². The first-order valence-electron chi connectivity index (χ1n) is 12.4. The molecule has 2 aliphatic rings. The molecule has 0 aliphatic heterocycles. The molecule has 5 rings (SSSR count). The van der Waals surface area contributed by atoms with Gasteiger partial charge in [-0.25, -0.2) is 0 Å². The minimum absolute atomic E-state index is 0.125. The summed E-state index contributed by atoms with van der Waals surface area (Å²) >= 11 is 6.51. The maximum atomic E-state index is 12.1. The molecule has 5 heteroatoms. The summed E-state index contributed by atoms with van der Waals surface area (Å²) in [5.74, 6) is 1.54. The molecule has 3 aromatic rings. The summed E-state index contributed by atoms with van der Waals surface area (Å²) in [5, 5.41) is 5.88. The molecule has 0 saturated heterocycles. The van der Waals surface area contributed by atoms with Crippen LogP contribution in [-0.4, -0.2) is 23.7 Å². The number of benzene rings is 2. The van der Waals surface area contributed by atoms with Crippen molar-refractivity contribution < 1.29 is 4.74 Å². The van der Waals surface area contributed by atoms with Crippen molar-refractivity contribution >= 4 is 22.4 Å². The average molecular weight is 465 g/mol. The second-order valence-corrected chi connectivity index (χ2v) is 10.2. The Labute approximate surface area is 200 Å². The van der Waals surface area contributed by atoms with E-state index < -0.39 is 0 Å². The zero-order valence-corrected chi connectivity index (χ0v) is 20.0. The number of rotatable bonds is 8. The highest BCUT2D eigenvalue weighted by Crippen LogP contribution is 2.45. The first kappa shape index (κ1) is 22.5. The molecule has 2 aromatic carbocycles. The van der Waals surface area contributed by atoms with Crippen LogP contribution in [0.15, 0.2) is 59.5 Å². The van der Waals surface area contributed by atoms with E-state index in [-0.39, 0.29) is 17.1 Å². The van der Waals surface area contributed by atoms with Gasteiger partial charge in [0.2, 0.25) is 0 Å². The van der Waals surface area contributed by atoms with Crippen LogP contribution in [-0.2, 0) is 5.41 Å². The van der Waals surface area contributed by atoms with Crippen molar-refractivity contribution in [3.63, 3.8) is 0 Å². The molecule has 0 bridgehead atoms. The summed E-state index contributed by atoms with van der Waals surface area (Å²) in [6.07, 6.45) is 9.80. The number of halogens is 1. The topological polar surface area (TPSA) is 54.1 Å². The van der Waals surface area contributed by atoms with Crippen LogP contribution in [0.5, 0.6) is 5.75 Å². The first-order chi connectivity index (χ1) is 16.1. The third kappa shape index (κ3) is 4.69. The quantitative estimate of drug-likeness (QED) is 0.416. The van der Waals surface area contributed by atoms with Gasteiger partial charge in [0.15, 0.2) is 0 Å². The van der Waals surface area contributed by atoms with Crippen molar-refractivity contribution in [2.75, 3.05) is 6.54 Å². The molecule has 2 N–H and O–H groups in total. The van der Waals surface area contributed by atoms with Gasteiger partial charge in [-0.2, -0.15) is 0 Å². The predicted octanol–water partition coefficient (Wildman–Crippen LogP) is 6.22. The lowest BCUT2D eigenvalue weighted by molar-refractivity contribution is 0.0957. The van der Waals surface area contributed by atoms with Gasteiger partial charge in [-0.15, -0.1) is 0 Å². The highest BCUT2D eigenvalue weighted by Gasteiger charge is 2.43. The lowest BCUT2D eigenvalue weighted by Gasteiger charge is -2.46. The number of fused-ring (bicyclic) bond motifs is 1. The molecular weight excluding hydrogens is 432 g/mol. The van der Waals surface area contributed by atoms with Gasteiger partial charge < -0.3 is 15.0 Å². The summed E-state index contributed by atoms with van der Waals surface area (Å²) < 4.78 is 6.42. The Kier molecular flexibility index (Phi) is 6.49. The molecule has 2 saturated carbocycles. The lowest BCUT2D eigenvalue weighted by atomic mass is 9.63. The molecular formula is C28H33ClN2O2. The van der Waals surface area contributed by atoms with E-state index in [4.69, 9.17) is 16.3 Å². The van der Waals surface area contributed by atoms with E-state index in [1.165, 1.54) is 18.4 Å². The van der Waals surface area contributed by atoms with E-state index in [2.05, 4.69) is 47.6 Å². The van der Waals surface area contributed by atoms with E-state index in [9.17, 15) is 4.79 Å². The Bertz CT molecular complexity index is 1150. The zero-order valence-electron chi connectivity index (χ0n) is 19.3. The Morgan fingerprint density at radius 1 is 1.12 bits per heavy atom. The SMILES string of the molecule is CCC(NCC1CC1)C1(c2ccccc2)CCC(Oc2cc3cc[nH]c(=O)c3cc2Cl)CC1. The van der Waals surface area contributed by atoms with Gasteiger partial charge in [-0.3, -0.25) is 4.79 Å². The molecule has 2 fully saturated rings. The molecule has 0 amide bonds. The lowest BCUT2D eigenvalue weighted by Crippen LogP contribution is -2.51. The standard InChI is InChI=1S/C28H33ClN2O2/c1-2-26(31-18-19-8-9-19)28(21-6-4-3-5-7-21)13-10-22(11-14-28)33-25-16-20-12-15-30-27(32)23(20)17-24(25)29/h3-7,12,15-17,19,22,26,31H,2,8-11,13-14,18H2,1H3,(H,30,32). The molecule has 2 aliphatic carbocycles. The van der Waals surface area contributed by atoms with Crippen LogP contribution in [0.1, 0.15) is 57.4 Å². The Balaban J connectivity index is 1.35. The largest absolute Gasteiger partial charge is 0.489 e. The summed E-state index contributed by atoms with van der Waals surface area (Å²) in [7, 11) is 0. The first-order valence-corrected chi connectivity index (χ1v) is 12.7. The summed E-state index contributed by atoms with van der Waals surface area (Å²) in [5.41, 5.74) is 1.45. The number of hydrogen-bond donors (Lipinski definition) is 2. The number of aromatic nitrogens is 1. The van der Waals surface area contributed by atoms with Crippen LogP contribution in [0.4, 0.5) is 0 Å². The second kappa shape index (κ2) is 9.52. The average Bonchev–Trinajstić information content (AvgIpc) is 3.67. The van der Waals surface area contributed by atoms with Crippen LogP contribution in [0.2, 0.25) is 5.02 Å². The number of aromatic amines is 1. The van der Waals surface area contributed by atoms with Gasteiger partial charge in [0.05, 0.1) is 11.1 Å². The number of H-pyrrole nitrogens is 1. The fraction of sp³-hybridized carbons (Fsp3) is 0.464. The zero-order chi connectivity index (χ0) is 22.8. The van der Waals surface area contributed by atoms with E-state index in [1.54, 1.807) is 12.3 Å². The minimum atomic E-state index is -0.129. The predicted molar refractivity (Wildman–Crippen MR) is 135 cm³/mol. The van der Waals surface area contributed by atoms with E-state index in [0.717, 1.165) is 50.0 Å². The van der Waals surface area contributed by atoms with Gasteiger partial charge in [0.25, 0.3) is 5.56 Å². The van der Waals surface area contributed by atoms with Crippen molar-refractivity contribution in [2.24, 2.45) is 5.92 Å². The van der Waals surface area contributed by atoms with E-state index >= 15 is 0 Å². The highest BCUT2D eigenvalue weighted by molar-refractivity contribution is 6.32. The summed E-state index contributed by atoms with van der Waals surface area (Å²) in [4.78, 5) is 14.8. The Morgan fingerprint density at radius 2 is 1.88 bits per heavy atom. The van der Waals surface area contributed by atoms with Gasteiger partial charge >= 0.3 is 0 Å². The maximum absolute atomic E-state index is 12.1. The normalized spacial score (nSPS) is 24.0. The highest BCUT2D eigenvalue weighted by atomic mass is 35.5. The molecule has 33 heavy (non-hydrogen) atoms. The molecule has 1 atom stereocenters. The van der Waals surface area contributed by atoms with Gasteiger partial charge in [0.1, 0.15) is 5.75 Å². The maximum Gasteiger partial charge on any atom is 0.255 e. The number of pyridine rings is 1. The fourth-order valence-electron chi connectivity index (χ4n) is 5.65. The molecule has 0 spiro atoms. The minimum Gasteiger partial charge on any atom is -0.489 e. The number of hydrogen-bond acceptors (Lipinski definition) is 3. The van der Waals surface area contributed by atoms with Crippen LogP contribution in [0, 0.1) is 5.92 Å². The van der Waals surface area contributed by atoms with Crippen molar-refractivity contribution in [3.05, 3.63) is 75.7 Å². The summed E-state index contributed by atoms with van der Waals surface area (Å²) in [6.45, 7) is 3.45. The summed E-state index contributed by atoms with van der Waals surface area (Å²) in [6, 6.07) is 17.0. The third-order valence-electron chi connectivity index (χ3n) is 7.72. The van der Waals surface area contributed by atoms with E-state index in [0.29, 0.717) is 22.2 Å². The van der Waals surface area contributed by atoms with Crippen molar-refractivity contribution in [3.8, 4) is 5.75 Å². The van der Waals surface area contributed by atoms with Crippen molar-refractivity contribution in [2.45, 2.75) is 69.4 Å². The monoisotopic (exact) mass is 464 g/mol. The van der Waals surface area contributed by atoms with Crippen molar-refractivity contribution in [1.29, 1.82) is 0 Å². The molecule has 1 aromatic heterocycles. The molecule has 174 valence electrons. The Morgan fingerprint density at radius 3 is 2.58 bits per heavy atom. The molecule has 1 heterocycles. The van der Waals surface area contributed by atoms with Gasteiger partial charge in [0, 0.05) is 23.0 Å². The molecule has 0 radical (unpaired) electrons. The van der Waals surface area contributed by atoms with Gasteiger partial charge in [-0.05, 0) is 86.6 Å².